The zero-order valence-electron chi connectivity index (χ0n) is 11.1. The molecule has 19 heavy (non-hydrogen) atoms. The molecule has 0 radical (unpaired) electrons. The summed E-state index contributed by atoms with van der Waals surface area (Å²) in [5.41, 5.74) is 0.448. The summed E-state index contributed by atoms with van der Waals surface area (Å²) in [4.78, 5) is 11.8. The second kappa shape index (κ2) is 9.06. The molecule has 2 N–H and O–H groups in total. The number of hydrogen-bond acceptors (Lipinski definition) is 5. The molecule has 0 spiro atoms. The molecule has 0 fully saturated rings. The van der Waals surface area contributed by atoms with Crippen LogP contribution in [0.5, 0.6) is 0 Å². The zero-order chi connectivity index (χ0) is 14.1. The van der Waals surface area contributed by atoms with Crippen molar-refractivity contribution in [1.29, 1.82) is 0 Å². The molecule has 0 aliphatic carbocycles. The number of anilines is 1. The highest BCUT2D eigenvalue weighted by molar-refractivity contribution is 9.10. The Kier molecular flexibility index (Phi) is 7.69. The highest BCUT2D eigenvalue weighted by Crippen LogP contribution is 2.16. The number of nitrogens with one attached hydrogen (secondary N) is 1. The minimum absolute atomic E-state index is 0.106. The molecule has 1 aromatic rings. The van der Waals surface area contributed by atoms with E-state index in [2.05, 4.69) is 26.3 Å². The lowest BCUT2D eigenvalue weighted by molar-refractivity contribution is 0.192. The van der Waals surface area contributed by atoms with E-state index >= 15 is 0 Å². The van der Waals surface area contributed by atoms with Crippen molar-refractivity contribution in [1.82, 2.24) is 9.78 Å². The van der Waals surface area contributed by atoms with E-state index in [4.69, 9.17) is 9.84 Å². The smallest absolute Gasteiger partial charge is 0.283 e. The van der Waals surface area contributed by atoms with E-state index in [0.29, 0.717) is 10.2 Å². The van der Waals surface area contributed by atoms with Gasteiger partial charge in [-0.2, -0.15) is 5.10 Å². The summed E-state index contributed by atoms with van der Waals surface area (Å²) in [7, 11) is 1.70. The molecule has 0 amide bonds. The van der Waals surface area contributed by atoms with Crippen LogP contribution in [-0.2, 0) is 11.3 Å². The molecule has 1 heterocycles. The largest absolute Gasteiger partial charge is 0.394 e. The Bertz CT molecular complexity index is 437. The Morgan fingerprint density at radius 3 is 2.95 bits per heavy atom. The van der Waals surface area contributed by atoms with Crippen molar-refractivity contribution in [2.45, 2.75) is 25.8 Å². The summed E-state index contributed by atoms with van der Waals surface area (Å²) in [6.45, 7) is 1.66. The molecule has 7 heteroatoms. The molecular weight excluding hydrogens is 314 g/mol. The van der Waals surface area contributed by atoms with Gasteiger partial charge >= 0.3 is 0 Å². The molecule has 1 aromatic heterocycles. The minimum atomic E-state index is -0.238. The Hall–Kier alpha value is -0.920. The van der Waals surface area contributed by atoms with E-state index in [1.807, 2.05) is 0 Å². The second-order valence-electron chi connectivity index (χ2n) is 4.10. The second-order valence-corrected chi connectivity index (χ2v) is 4.90. The standard InChI is InChI=1S/C12H20BrN3O3/c1-19-8-4-2-3-5-14-10-9-15-16(6-7-17)12(18)11(10)13/h9,14,17H,2-8H2,1H3. The molecule has 0 aliphatic heterocycles. The van der Waals surface area contributed by atoms with Crippen LogP contribution in [0.15, 0.2) is 15.5 Å². The lowest BCUT2D eigenvalue weighted by Gasteiger charge is -2.09. The van der Waals surface area contributed by atoms with Gasteiger partial charge in [-0.1, -0.05) is 0 Å². The number of methoxy groups -OCH3 is 1. The maximum atomic E-state index is 11.8. The van der Waals surface area contributed by atoms with Crippen LogP contribution in [0.4, 0.5) is 5.69 Å². The van der Waals surface area contributed by atoms with Crippen LogP contribution in [0.1, 0.15) is 19.3 Å². The van der Waals surface area contributed by atoms with Gasteiger partial charge in [0, 0.05) is 20.3 Å². The Morgan fingerprint density at radius 2 is 2.26 bits per heavy atom. The molecule has 0 saturated heterocycles. The van der Waals surface area contributed by atoms with Crippen molar-refractivity contribution in [3.05, 3.63) is 21.0 Å². The predicted octanol–water partition coefficient (Wildman–Crippen LogP) is 1.23. The first kappa shape index (κ1) is 16.1. The van der Waals surface area contributed by atoms with E-state index < -0.39 is 0 Å². The van der Waals surface area contributed by atoms with Crippen molar-refractivity contribution >= 4 is 21.6 Å². The van der Waals surface area contributed by atoms with Crippen molar-refractivity contribution in [2.24, 2.45) is 0 Å². The lowest BCUT2D eigenvalue weighted by atomic mass is 10.2. The quantitative estimate of drug-likeness (QED) is 0.664. The fourth-order valence-corrected chi connectivity index (χ4v) is 2.06. The van der Waals surface area contributed by atoms with Gasteiger partial charge in [0.25, 0.3) is 5.56 Å². The fraction of sp³-hybridized carbons (Fsp3) is 0.667. The van der Waals surface area contributed by atoms with Gasteiger partial charge in [-0.15, -0.1) is 0 Å². The Morgan fingerprint density at radius 1 is 1.47 bits per heavy atom. The first-order chi connectivity index (χ1) is 9.20. The predicted molar refractivity (Wildman–Crippen MR) is 77.5 cm³/mol. The van der Waals surface area contributed by atoms with E-state index in [9.17, 15) is 4.79 Å². The topological polar surface area (TPSA) is 76.4 Å². The summed E-state index contributed by atoms with van der Waals surface area (Å²) in [5, 5.41) is 16.0. The molecule has 0 aromatic carbocycles. The molecule has 0 aliphatic rings. The van der Waals surface area contributed by atoms with Crippen LogP contribution in [0.2, 0.25) is 0 Å². The first-order valence-corrected chi connectivity index (χ1v) is 7.09. The average molecular weight is 334 g/mol. The molecule has 108 valence electrons. The molecular formula is C12H20BrN3O3. The zero-order valence-corrected chi connectivity index (χ0v) is 12.6. The SMILES string of the molecule is COCCCCCNc1cnn(CCO)c(=O)c1Br. The van der Waals surface area contributed by atoms with Gasteiger partial charge in [0.05, 0.1) is 25.0 Å². The number of aromatic nitrogens is 2. The normalized spacial score (nSPS) is 10.7. The molecule has 0 unspecified atom stereocenters. The molecule has 0 atom stereocenters. The Labute approximate surface area is 120 Å². The number of hydrogen-bond donors (Lipinski definition) is 2. The molecule has 6 nitrogen and oxygen atoms in total. The van der Waals surface area contributed by atoms with Gasteiger partial charge in [-0.3, -0.25) is 4.79 Å². The third-order valence-electron chi connectivity index (χ3n) is 2.64. The van der Waals surface area contributed by atoms with E-state index in [1.54, 1.807) is 13.3 Å². The number of halogens is 1. The molecule has 1 rings (SSSR count). The number of unbranched alkanes of at least 4 members (excludes halogenated alkanes) is 2. The van der Waals surface area contributed by atoms with Crippen LogP contribution in [0, 0.1) is 0 Å². The third kappa shape index (κ3) is 5.30. The van der Waals surface area contributed by atoms with Crippen LogP contribution in [0.3, 0.4) is 0 Å². The number of aliphatic hydroxyl groups is 1. The van der Waals surface area contributed by atoms with Crippen molar-refractivity contribution in [2.75, 3.05) is 32.2 Å². The van der Waals surface area contributed by atoms with Crippen LogP contribution < -0.4 is 10.9 Å². The number of nitrogens with zero attached hydrogens (tertiary/aromatic N) is 2. The highest BCUT2D eigenvalue weighted by Gasteiger charge is 2.07. The van der Waals surface area contributed by atoms with Crippen LogP contribution in [0.25, 0.3) is 0 Å². The van der Waals surface area contributed by atoms with Crippen molar-refractivity contribution in [3.63, 3.8) is 0 Å². The summed E-state index contributed by atoms with van der Waals surface area (Å²) in [6.07, 6.45) is 4.72. The van der Waals surface area contributed by atoms with Gasteiger partial charge in [-0.25, -0.2) is 4.68 Å². The summed E-state index contributed by atoms with van der Waals surface area (Å²) in [6, 6.07) is 0. The average Bonchev–Trinajstić information content (AvgIpc) is 2.41. The summed E-state index contributed by atoms with van der Waals surface area (Å²) in [5.74, 6) is 0. The maximum Gasteiger partial charge on any atom is 0.283 e. The monoisotopic (exact) mass is 333 g/mol. The van der Waals surface area contributed by atoms with Crippen LogP contribution >= 0.6 is 15.9 Å². The lowest BCUT2D eigenvalue weighted by Crippen LogP contribution is -2.26. The minimum Gasteiger partial charge on any atom is -0.394 e. The van der Waals surface area contributed by atoms with Gasteiger partial charge in [-0.05, 0) is 35.2 Å². The van der Waals surface area contributed by atoms with E-state index in [0.717, 1.165) is 32.4 Å². The van der Waals surface area contributed by atoms with E-state index in [1.165, 1.54) is 4.68 Å². The van der Waals surface area contributed by atoms with E-state index in [-0.39, 0.29) is 18.7 Å². The fourth-order valence-electron chi connectivity index (χ4n) is 1.61. The first-order valence-electron chi connectivity index (χ1n) is 6.30. The number of aliphatic hydroxyl groups excluding tert-OH is 1. The summed E-state index contributed by atoms with van der Waals surface area (Å²) >= 11 is 3.26. The summed E-state index contributed by atoms with van der Waals surface area (Å²) < 4.78 is 6.66. The van der Waals surface area contributed by atoms with Crippen molar-refractivity contribution < 1.29 is 9.84 Å². The van der Waals surface area contributed by atoms with Gasteiger partial charge < -0.3 is 15.2 Å². The number of rotatable bonds is 9. The maximum absolute atomic E-state index is 11.8. The van der Waals surface area contributed by atoms with Gasteiger partial charge in [0.2, 0.25) is 0 Å². The Balaban J connectivity index is 2.46. The van der Waals surface area contributed by atoms with Gasteiger partial charge in [0.1, 0.15) is 4.47 Å². The molecule has 0 bridgehead atoms. The van der Waals surface area contributed by atoms with Crippen LogP contribution in [-0.4, -0.2) is 41.8 Å². The van der Waals surface area contributed by atoms with Crippen molar-refractivity contribution in [3.8, 4) is 0 Å². The van der Waals surface area contributed by atoms with Gasteiger partial charge in [0.15, 0.2) is 0 Å². The third-order valence-corrected chi connectivity index (χ3v) is 3.40. The highest BCUT2D eigenvalue weighted by atomic mass is 79.9. The number of ether oxygens (including phenoxy) is 1. The molecule has 0 saturated carbocycles.